The van der Waals surface area contributed by atoms with E-state index in [-0.39, 0.29) is 23.0 Å². The van der Waals surface area contributed by atoms with Gasteiger partial charge in [-0.05, 0) is 74.3 Å². The summed E-state index contributed by atoms with van der Waals surface area (Å²) >= 11 is 0. The number of H-pyrrole nitrogens is 1. The first-order chi connectivity index (χ1) is 13.3. The van der Waals surface area contributed by atoms with E-state index in [9.17, 15) is 18.0 Å². The summed E-state index contributed by atoms with van der Waals surface area (Å²) in [4.78, 5) is 23.6. The molecule has 4 nitrogen and oxygen atoms in total. The Morgan fingerprint density at radius 3 is 2.39 bits per heavy atom. The number of rotatable bonds is 2. The molecule has 3 aromatic heterocycles. The number of hydrogen-bond donors (Lipinski definition) is 1. The zero-order valence-corrected chi connectivity index (χ0v) is 15.4. The van der Waals surface area contributed by atoms with Crippen molar-refractivity contribution in [2.45, 2.75) is 50.6 Å². The van der Waals surface area contributed by atoms with Crippen LogP contribution in [0.25, 0.3) is 11.0 Å². The van der Waals surface area contributed by atoms with Crippen molar-refractivity contribution in [3.63, 3.8) is 0 Å². The number of hydrogen-bond acceptors (Lipinski definition) is 3. The van der Waals surface area contributed by atoms with Crippen molar-refractivity contribution in [1.29, 1.82) is 0 Å². The lowest BCUT2D eigenvalue weighted by molar-refractivity contribution is -0.138. The maximum Gasteiger partial charge on any atom is 0.416 e. The molecule has 0 amide bonds. The Hall–Kier alpha value is -2.70. The Kier molecular flexibility index (Phi) is 4.69. The molecule has 1 fully saturated rings. The van der Waals surface area contributed by atoms with Gasteiger partial charge in [-0.1, -0.05) is 0 Å². The largest absolute Gasteiger partial charge is 0.416 e. The minimum atomic E-state index is -4.38. The highest BCUT2D eigenvalue weighted by Crippen LogP contribution is 2.43. The van der Waals surface area contributed by atoms with Gasteiger partial charge in [0.05, 0.1) is 5.56 Å². The lowest BCUT2D eigenvalue weighted by atomic mass is 9.75. The van der Waals surface area contributed by atoms with Gasteiger partial charge in [0.1, 0.15) is 5.65 Å². The van der Waals surface area contributed by atoms with Crippen LogP contribution in [-0.4, -0.2) is 15.0 Å². The van der Waals surface area contributed by atoms with Gasteiger partial charge in [-0.3, -0.25) is 9.78 Å². The zero-order chi connectivity index (χ0) is 19.9. The molecule has 3 heterocycles. The number of alkyl halides is 3. The zero-order valence-electron chi connectivity index (χ0n) is 15.4. The second kappa shape index (κ2) is 7.04. The summed E-state index contributed by atoms with van der Waals surface area (Å²) in [6.07, 6.45) is 0.685. The normalized spacial score (nSPS) is 20.4. The van der Waals surface area contributed by atoms with E-state index in [4.69, 9.17) is 0 Å². The van der Waals surface area contributed by atoms with Crippen LogP contribution in [0.3, 0.4) is 0 Å². The molecular formula is C21H20F3N3O. The van der Waals surface area contributed by atoms with Gasteiger partial charge in [0.25, 0.3) is 5.56 Å². The highest BCUT2D eigenvalue weighted by molar-refractivity contribution is 5.75. The highest BCUT2D eigenvalue weighted by atomic mass is 19.4. The van der Waals surface area contributed by atoms with Gasteiger partial charge in [0, 0.05) is 29.0 Å². The van der Waals surface area contributed by atoms with Gasteiger partial charge in [-0.15, -0.1) is 0 Å². The Bertz CT molecular complexity index is 1070. The summed E-state index contributed by atoms with van der Waals surface area (Å²) in [6.45, 7) is 1.86. The smallest absolute Gasteiger partial charge is 0.306 e. The number of aromatic nitrogens is 3. The predicted octanol–water partition coefficient (Wildman–Crippen LogP) is 5.09. The Balaban J connectivity index is 1.57. The molecule has 1 aliphatic carbocycles. The fraction of sp³-hybridized carbons (Fsp3) is 0.381. The number of nitrogens with one attached hydrogen (secondary N) is 1. The summed E-state index contributed by atoms with van der Waals surface area (Å²) in [6, 6.07) is 6.73. The molecule has 0 aliphatic heterocycles. The van der Waals surface area contributed by atoms with Crippen molar-refractivity contribution in [2.24, 2.45) is 0 Å². The van der Waals surface area contributed by atoms with Crippen LogP contribution in [-0.2, 0) is 6.18 Å². The van der Waals surface area contributed by atoms with Crippen LogP contribution in [0.5, 0.6) is 0 Å². The van der Waals surface area contributed by atoms with E-state index in [1.165, 1.54) is 12.4 Å². The van der Waals surface area contributed by atoms with Crippen molar-refractivity contribution in [3.8, 4) is 0 Å². The summed E-state index contributed by atoms with van der Waals surface area (Å²) in [5, 5.41) is 0.869. The van der Waals surface area contributed by atoms with Crippen LogP contribution in [0.2, 0.25) is 0 Å². The fourth-order valence-electron chi connectivity index (χ4n) is 4.21. The summed E-state index contributed by atoms with van der Waals surface area (Å²) < 4.78 is 39.9. The first kappa shape index (κ1) is 18.7. The molecule has 0 atom stereocenters. The van der Waals surface area contributed by atoms with E-state index in [0.29, 0.717) is 36.9 Å². The summed E-state index contributed by atoms with van der Waals surface area (Å²) in [7, 11) is 0. The van der Waals surface area contributed by atoms with Gasteiger partial charge in [0.15, 0.2) is 0 Å². The highest BCUT2D eigenvalue weighted by Gasteiger charge is 2.36. The number of pyridine rings is 3. The number of fused-ring (bicyclic) bond motifs is 1. The van der Waals surface area contributed by atoms with E-state index >= 15 is 0 Å². The number of aromatic amines is 1. The number of nitrogens with zero attached hydrogens (tertiary/aromatic N) is 2. The fourth-order valence-corrected chi connectivity index (χ4v) is 4.21. The third kappa shape index (κ3) is 3.53. The van der Waals surface area contributed by atoms with Gasteiger partial charge >= 0.3 is 6.18 Å². The molecule has 1 aliphatic rings. The van der Waals surface area contributed by atoms with E-state index in [1.54, 1.807) is 0 Å². The van der Waals surface area contributed by atoms with Crippen molar-refractivity contribution in [2.75, 3.05) is 0 Å². The molecule has 0 radical (unpaired) electrons. The van der Waals surface area contributed by atoms with Gasteiger partial charge < -0.3 is 4.98 Å². The van der Waals surface area contributed by atoms with Crippen LogP contribution in [0.1, 0.15) is 59.9 Å². The quantitative estimate of drug-likeness (QED) is 0.667. The van der Waals surface area contributed by atoms with Crippen LogP contribution in [0.4, 0.5) is 13.2 Å². The third-order valence-electron chi connectivity index (χ3n) is 5.63. The van der Waals surface area contributed by atoms with Crippen molar-refractivity contribution >= 4 is 11.0 Å². The monoisotopic (exact) mass is 387 g/mol. The average molecular weight is 387 g/mol. The molecule has 4 rings (SSSR count). The molecule has 1 saturated carbocycles. The summed E-state index contributed by atoms with van der Waals surface area (Å²) in [5.74, 6) is -0.151. The second-order valence-corrected chi connectivity index (χ2v) is 7.45. The molecule has 3 aromatic rings. The average Bonchev–Trinajstić information content (AvgIpc) is 2.67. The SMILES string of the molecule is Cc1ccc2cc(C3CCC(c4cnccc4C(F)(F)F)CC3)c(=O)[nH]c2n1. The van der Waals surface area contributed by atoms with Crippen molar-refractivity contribution in [3.05, 3.63) is 69.4 Å². The molecule has 0 saturated heterocycles. The molecular weight excluding hydrogens is 367 g/mol. The first-order valence-corrected chi connectivity index (χ1v) is 9.34. The molecule has 0 unspecified atom stereocenters. The number of halogens is 3. The lowest BCUT2D eigenvalue weighted by Gasteiger charge is -2.30. The topological polar surface area (TPSA) is 58.6 Å². The van der Waals surface area contributed by atoms with E-state index in [1.807, 2.05) is 25.1 Å². The molecule has 28 heavy (non-hydrogen) atoms. The number of aryl methyl sites for hydroxylation is 1. The Morgan fingerprint density at radius 2 is 1.71 bits per heavy atom. The molecule has 0 spiro atoms. The Morgan fingerprint density at radius 1 is 1.04 bits per heavy atom. The predicted molar refractivity (Wildman–Crippen MR) is 100 cm³/mol. The van der Waals surface area contributed by atoms with Crippen molar-refractivity contribution in [1.82, 2.24) is 15.0 Å². The second-order valence-electron chi connectivity index (χ2n) is 7.45. The third-order valence-corrected chi connectivity index (χ3v) is 5.63. The van der Waals surface area contributed by atoms with Crippen LogP contribution in [0.15, 0.2) is 41.5 Å². The van der Waals surface area contributed by atoms with Gasteiger partial charge in [-0.2, -0.15) is 13.2 Å². The minimum absolute atomic E-state index is 0.0386. The van der Waals surface area contributed by atoms with Crippen molar-refractivity contribution < 1.29 is 13.2 Å². The lowest BCUT2D eigenvalue weighted by Crippen LogP contribution is -2.22. The first-order valence-electron chi connectivity index (χ1n) is 9.34. The minimum Gasteiger partial charge on any atom is -0.306 e. The van der Waals surface area contributed by atoms with E-state index < -0.39 is 11.7 Å². The van der Waals surface area contributed by atoms with Crippen LogP contribution >= 0.6 is 0 Å². The van der Waals surface area contributed by atoms with E-state index in [0.717, 1.165) is 17.1 Å². The molecule has 0 bridgehead atoms. The molecule has 146 valence electrons. The molecule has 7 heteroatoms. The molecule has 0 aromatic carbocycles. The standard InChI is InChI=1S/C21H20F3N3O/c1-12-2-3-15-10-16(20(28)27-19(15)26-12)13-4-6-14(7-5-13)17-11-25-9-8-18(17)21(22,23)24/h2-3,8-11,13-14H,4-7H2,1H3,(H,26,27,28). The summed E-state index contributed by atoms with van der Waals surface area (Å²) in [5.41, 5.74) is 1.59. The van der Waals surface area contributed by atoms with Gasteiger partial charge in [-0.25, -0.2) is 4.98 Å². The Labute approximate surface area is 159 Å². The van der Waals surface area contributed by atoms with Gasteiger partial charge in [0.2, 0.25) is 0 Å². The maximum atomic E-state index is 13.3. The molecule has 1 N–H and O–H groups in total. The van der Waals surface area contributed by atoms with Crippen LogP contribution < -0.4 is 5.56 Å². The van der Waals surface area contributed by atoms with Crippen LogP contribution in [0, 0.1) is 6.92 Å². The maximum absolute atomic E-state index is 13.3. The van der Waals surface area contributed by atoms with E-state index in [2.05, 4.69) is 15.0 Å².